The van der Waals surface area contributed by atoms with Crippen molar-refractivity contribution in [1.29, 1.82) is 0 Å². The third-order valence-corrected chi connectivity index (χ3v) is 4.87. The monoisotopic (exact) mass is 341 g/mol. The van der Waals surface area contributed by atoms with Crippen molar-refractivity contribution in [2.45, 2.75) is 38.5 Å². The second kappa shape index (κ2) is 6.88. The van der Waals surface area contributed by atoms with Gasteiger partial charge in [-0.15, -0.1) is 0 Å². The van der Waals surface area contributed by atoms with Gasteiger partial charge < -0.3 is 14.7 Å². The van der Waals surface area contributed by atoms with Gasteiger partial charge >= 0.3 is 0 Å². The van der Waals surface area contributed by atoms with Gasteiger partial charge in [0.05, 0.1) is 37.5 Å². The van der Waals surface area contributed by atoms with Gasteiger partial charge in [0.2, 0.25) is 5.91 Å². The average molecular weight is 341 g/mol. The van der Waals surface area contributed by atoms with Crippen LogP contribution < -0.4 is 4.74 Å². The van der Waals surface area contributed by atoms with Crippen LogP contribution in [0.3, 0.4) is 0 Å². The van der Waals surface area contributed by atoms with E-state index in [9.17, 15) is 9.90 Å². The number of aliphatic hydroxyl groups excluding tert-OH is 1. The van der Waals surface area contributed by atoms with Crippen molar-refractivity contribution >= 4 is 5.91 Å². The fourth-order valence-electron chi connectivity index (χ4n) is 3.23. The predicted octanol–water partition coefficient (Wildman–Crippen LogP) is 2.14. The van der Waals surface area contributed by atoms with E-state index in [1.807, 2.05) is 46.0 Å². The van der Waals surface area contributed by atoms with Crippen LogP contribution in [0.5, 0.6) is 5.75 Å². The molecule has 1 aromatic heterocycles. The summed E-state index contributed by atoms with van der Waals surface area (Å²) in [6, 6.07) is 11.5. The molecule has 0 bridgehead atoms. The minimum Gasteiger partial charge on any atom is -0.493 e. The Morgan fingerprint density at radius 1 is 1.28 bits per heavy atom. The Bertz CT molecular complexity index is 740. The first-order valence-electron chi connectivity index (χ1n) is 8.91. The molecule has 1 N–H and O–H groups in total. The second-order valence-electron chi connectivity index (χ2n) is 6.79. The topological polar surface area (TPSA) is 67.6 Å². The minimum atomic E-state index is -0.457. The fraction of sp³-hybridized carbons (Fsp3) is 0.474. The zero-order chi connectivity index (χ0) is 17.2. The average Bonchev–Trinajstić information content (AvgIpc) is 3.40. The van der Waals surface area contributed by atoms with E-state index in [2.05, 4.69) is 5.10 Å². The molecule has 0 radical (unpaired) electrons. The second-order valence-corrected chi connectivity index (χ2v) is 6.79. The van der Waals surface area contributed by atoms with Gasteiger partial charge in [0.15, 0.2) is 0 Å². The van der Waals surface area contributed by atoms with Crippen molar-refractivity contribution in [3.8, 4) is 5.75 Å². The van der Waals surface area contributed by atoms with E-state index >= 15 is 0 Å². The number of aromatic nitrogens is 2. The summed E-state index contributed by atoms with van der Waals surface area (Å²) in [6.07, 6.45) is 2.06. The zero-order valence-corrected chi connectivity index (χ0v) is 14.2. The van der Waals surface area contributed by atoms with Gasteiger partial charge in [0, 0.05) is 6.54 Å². The molecule has 6 heteroatoms. The van der Waals surface area contributed by atoms with Crippen LogP contribution >= 0.6 is 0 Å². The van der Waals surface area contributed by atoms with Crippen LogP contribution in [-0.4, -0.2) is 38.8 Å². The van der Waals surface area contributed by atoms with E-state index in [0.29, 0.717) is 38.6 Å². The molecule has 1 saturated carbocycles. The molecular formula is C19H23N3O3. The third kappa shape index (κ3) is 3.69. The number of para-hydroxylation sites is 1. The number of amides is 1. The van der Waals surface area contributed by atoms with Gasteiger partial charge in [-0.25, -0.2) is 0 Å². The van der Waals surface area contributed by atoms with Crippen molar-refractivity contribution in [1.82, 2.24) is 14.7 Å². The minimum absolute atomic E-state index is 0.0904. The molecule has 1 aromatic carbocycles. The number of ether oxygens (including phenoxy) is 1. The fourth-order valence-corrected chi connectivity index (χ4v) is 3.23. The van der Waals surface area contributed by atoms with Gasteiger partial charge in [0.1, 0.15) is 11.9 Å². The highest BCUT2D eigenvalue weighted by Gasteiger charge is 2.33. The standard InChI is InChI=1S/C19H23N3O3/c23-18(8-11-25-16-4-2-1-3-5-16)21-9-10-22-15(13-21)12-17(20-22)19(24)14-6-7-14/h1-5,12,14,19,24H,6-11,13H2/t19-/m1/s1. The maximum absolute atomic E-state index is 12.4. The predicted molar refractivity (Wildman–Crippen MR) is 91.9 cm³/mol. The maximum Gasteiger partial charge on any atom is 0.226 e. The van der Waals surface area contributed by atoms with Crippen LogP contribution in [0.15, 0.2) is 36.4 Å². The molecule has 132 valence electrons. The first-order chi connectivity index (χ1) is 12.2. The third-order valence-electron chi connectivity index (χ3n) is 4.87. The normalized spacial score (nSPS) is 17.9. The summed E-state index contributed by atoms with van der Waals surface area (Å²) in [6.45, 7) is 2.26. The summed E-state index contributed by atoms with van der Waals surface area (Å²) in [4.78, 5) is 14.3. The van der Waals surface area contributed by atoms with Gasteiger partial charge in [-0.05, 0) is 37.0 Å². The van der Waals surface area contributed by atoms with Crippen LogP contribution in [0, 0.1) is 5.92 Å². The first-order valence-corrected chi connectivity index (χ1v) is 8.91. The Morgan fingerprint density at radius 2 is 2.08 bits per heavy atom. The lowest BCUT2D eigenvalue weighted by Crippen LogP contribution is -2.38. The molecule has 6 nitrogen and oxygen atoms in total. The van der Waals surface area contributed by atoms with Crippen molar-refractivity contribution < 1.29 is 14.6 Å². The van der Waals surface area contributed by atoms with E-state index in [4.69, 9.17) is 4.74 Å². The van der Waals surface area contributed by atoms with E-state index < -0.39 is 6.10 Å². The van der Waals surface area contributed by atoms with Crippen LogP contribution in [0.25, 0.3) is 0 Å². The summed E-state index contributed by atoms with van der Waals surface area (Å²) >= 11 is 0. The van der Waals surface area contributed by atoms with Crippen molar-refractivity contribution in [3.05, 3.63) is 47.8 Å². The molecule has 0 unspecified atom stereocenters. The SMILES string of the molecule is O=C(CCOc1ccccc1)N1CCn2nc([C@H](O)C3CC3)cc2C1. The molecule has 1 amide bonds. The number of hydrogen-bond acceptors (Lipinski definition) is 4. The summed E-state index contributed by atoms with van der Waals surface area (Å²) < 4.78 is 7.53. The molecule has 1 aliphatic carbocycles. The smallest absolute Gasteiger partial charge is 0.226 e. The lowest BCUT2D eigenvalue weighted by atomic mass is 10.1. The molecule has 1 atom stereocenters. The van der Waals surface area contributed by atoms with Gasteiger partial charge in [-0.3, -0.25) is 9.48 Å². The Balaban J connectivity index is 1.31. The molecule has 2 heterocycles. The molecule has 1 fully saturated rings. The molecule has 0 saturated heterocycles. The Hall–Kier alpha value is -2.34. The summed E-state index contributed by atoms with van der Waals surface area (Å²) in [7, 11) is 0. The summed E-state index contributed by atoms with van der Waals surface area (Å²) in [5, 5.41) is 14.7. The van der Waals surface area contributed by atoms with Crippen LogP contribution in [0.1, 0.15) is 36.8 Å². The van der Waals surface area contributed by atoms with Crippen molar-refractivity contribution in [3.63, 3.8) is 0 Å². The van der Waals surface area contributed by atoms with E-state index in [-0.39, 0.29) is 5.91 Å². The number of aliphatic hydroxyl groups is 1. The largest absolute Gasteiger partial charge is 0.493 e. The highest BCUT2D eigenvalue weighted by Crippen LogP contribution is 2.40. The van der Waals surface area contributed by atoms with Crippen molar-refractivity contribution in [2.24, 2.45) is 5.92 Å². The number of fused-ring (bicyclic) bond motifs is 1. The molecule has 1 aliphatic heterocycles. The number of nitrogens with zero attached hydrogens (tertiary/aromatic N) is 3. The highest BCUT2D eigenvalue weighted by molar-refractivity contribution is 5.76. The number of carbonyl (C=O) groups excluding carboxylic acids is 1. The van der Waals surface area contributed by atoms with Crippen LogP contribution in [-0.2, 0) is 17.9 Å². The maximum atomic E-state index is 12.4. The van der Waals surface area contributed by atoms with Crippen molar-refractivity contribution in [2.75, 3.05) is 13.2 Å². The number of benzene rings is 1. The van der Waals surface area contributed by atoms with Crippen LogP contribution in [0.2, 0.25) is 0 Å². The van der Waals surface area contributed by atoms with Gasteiger partial charge in [-0.2, -0.15) is 5.10 Å². The lowest BCUT2D eigenvalue weighted by molar-refractivity contribution is -0.133. The number of carbonyl (C=O) groups is 1. The summed E-state index contributed by atoms with van der Waals surface area (Å²) in [5.74, 6) is 1.24. The Labute approximate surface area is 147 Å². The molecule has 2 aliphatic rings. The zero-order valence-electron chi connectivity index (χ0n) is 14.2. The quantitative estimate of drug-likeness (QED) is 0.874. The van der Waals surface area contributed by atoms with E-state index in [1.54, 1.807) is 0 Å². The molecule has 25 heavy (non-hydrogen) atoms. The van der Waals surface area contributed by atoms with E-state index in [1.165, 1.54) is 0 Å². The molecule has 4 rings (SSSR count). The Morgan fingerprint density at radius 3 is 2.84 bits per heavy atom. The first kappa shape index (κ1) is 16.1. The molecule has 2 aromatic rings. The number of rotatable bonds is 6. The van der Waals surface area contributed by atoms with Crippen LogP contribution in [0.4, 0.5) is 0 Å². The molecule has 0 spiro atoms. The lowest BCUT2D eigenvalue weighted by Gasteiger charge is -2.27. The molecular weight excluding hydrogens is 318 g/mol. The van der Waals surface area contributed by atoms with Gasteiger partial charge in [-0.1, -0.05) is 18.2 Å². The Kier molecular flexibility index (Phi) is 4.44. The summed E-state index contributed by atoms with van der Waals surface area (Å²) in [5.41, 5.74) is 1.75. The van der Waals surface area contributed by atoms with Gasteiger partial charge in [0.25, 0.3) is 0 Å². The number of hydrogen-bond donors (Lipinski definition) is 1. The van der Waals surface area contributed by atoms with E-state index in [0.717, 1.165) is 30.0 Å². The highest BCUT2D eigenvalue weighted by atomic mass is 16.5.